The van der Waals surface area contributed by atoms with E-state index in [9.17, 15) is 9.18 Å². The molecule has 1 aliphatic heterocycles. The monoisotopic (exact) mass is 379 g/mol. The van der Waals surface area contributed by atoms with Crippen molar-refractivity contribution in [2.45, 2.75) is 39.3 Å². The molecule has 1 aliphatic rings. The molecule has 23 heavy (non-hydrogen) atoms. The number of amides is 1. The topological polar surface area (TPSA) is 38.1 Å². The Morgan fingerprint density at radius 2 is 2.17 bits per heavy atom. The molecule has 0 aliphatic carbocycles. The van der Waals surface area contributed by atoms with Gasteiger partial charge in [0.1, 0.15) is 21.9 Å². The molecule has 3 rings (SSSR count). The van der Waals surface area contributed by atoms with Crippen molar-refractivity contribution in [3.63, 3.8) is 0 Å². The van der Waals surface area contributed by atoms with Crippen LogP contribution >= 0.6 is 15.9 Å². The van der Waals surface area contributed by atoms with E-state index in [-0.39, 0.29) is 17.3 Å². The Labute approximate surface area is 143 Å². The fourth-order valence-electron chi connectivity index (χ4n) is 3.15. The van der Waals surface area contributed by atoms with Crippen molar-refractivity contribution in [2.75, 3.05) is 6.54 Å². The number of carbonyl (C=O) groups is 1. The third-order valence-electron chi connectivity index (χ3n) is 4.16. The van der Waals surface area contributed by atoms with Crippen molar-refractivity contribution >= 4 is 21.8 Å². The van der Waals surface area contributed by atoms with Gasteiger partial charge in [0.15, 0.2) is 0 Å². The fraction of sp³-hybridized carbons (Fsp3) is 0.412. The van der Waals surface area contributed by atoms with Gasteiger partial charge in [-0.1, -0.05) is 19.1 Å². The molecule has 0 N–H and O–H groups in total. The van der Waals surface area contributed by atoms with E-state index in [1.165, 1.54) is 12.1 Å². The standard InChI is InChI=1S/C17H19BrFN3O/c1-4-14(23)21-9-13-20-15(11-6-5-7-12(19)8-11)16(18)22(13)17(2,3)10-21/h5-8H,4,9-10H2,1-3H3. The Hall–Kier alpha value is -1.69. The molecular weight excluding hydrogens is 361 g/mol. The Morgan fingerprint density at radius 1 is 1.43 bits per heavy atom. The zero-order valence-corrected chi connectivity index (χ0v) is 15.0. The van der Waals surface area contributed by atoms with Crippen LogP contribution in [0.2, 0.25) is 0 Å². The van der Waals surface area contributed by atoms with Gasteiger partial charge in [0.05, 0.1) is 12.1 Å². The minimum atomic E-state index is -0.289. The van der Waals surface area contributed by atoms with Gasteiger partial charge < -0.3 is 9.47 Å². The molecule has 2 aromatic rings. The quantitative estimate of drug-likeness (QED) is 0.792. The van der Waals surface area contributed by atoms with Crippen molar-refractivity contribution in [3.8, 4) is 11.3 Å². The minimum Gasteiger partial charge on any atom is -0.333 e. The lowest BCUT2D eigenvalue weighted by Gasteiger charge is -2.40. The van der Waals surface area contributed by atoms with E-state index in [4.69, 9.17) is 0 Å². The molecule has 0 radical (unpaired) electrons. The molecule has 0 unspecified atom stereocenters. The van der Waals surface area contributed by atoms with Gasteiger partial charge in [-0.2, -0.15) is 0 Å². The van der Waals surface area contributed by atoms with Gasteiger partial charge >= 0.3 is 0 Å². The number of benzene rings is 1. The van der Waals surface area contributed by atoms with E-state index in [0.29, 0.717) is 25.2 Å². The van der Waals surface area contributed by atoms with Gasteiger partial charge in [0.2, 0.25) is 5.91 Å². The number of carbonyl (C=O) groups excluding carboxylic acids is 1. The number of nitrogens with zero attached hydrogens (tertiary/aromatic N) is 3. The SMILES string of the molecule is CCC(=O)N1Cc2nc(-c3cccc(F)c3)c(Br)n2C(C)(C)C1. The van der Waals surface area contributed by atoms with Gasteiger partial charge in [-0.05, 0) is 41.9 Å². The molecule has 6 heteroatoms. The lowest BCUT2D eigenvalue weighted by molar-refractivity contribution is -0.134. The zero-order valence-electron chi connectivity index (χ0n) is 13.4. The molecule has 0 bridgehead atoms. The molecule has 0 spiro atoms. The van der Waals surface area contributed by atoms with Crippen LogP contribution < -0.4 is 0 Å². The van der Waals surface area contributed by atoms with Crippen LogP contribution in [0.15, 0.2) is 28.9 Å². The fourth-order valence-corrected chi connectivity index (χ4v) is 4.15. The van der Waals surface area contributed by atoms with Crippen LogP contribution in [0.25, 0.3) is 11.3 Å². The molecule has 4 nitrogen and oxygen atoms in total. The maximum atomic E-state index is 13.5. The Kier molecular flexibility index (Phi) is 4.04. The van der Waals surface area contributed by atoms with Crippen LogP contribution in [-0.2, 0) is 16.9 Å². The Balaban J connectivity index is 2.10. The van der Waals surface area contributed by atoms with E-state index >= 15 is 0 Å². The number of rotatable bonds is 2. The summed E-state index contributed by atoms with van der Waals surface area (Å²) in [4.78, 5) is 18.6. The third-order valence-corrected chi connectivity index (χ3v) is 4.89. The van der Waals surface area contributed by atoms with E-state index in [1.54, 1.807) is 6.07 Å². The van der Waals surface area contributed by atoms with Gasteiger partial charge in [-0.15, -0.1) is 0 Å². The maximum Gasteiger partial charge on any atom is 0.222 e. The molecule has 2 heterocycles. The molecule has 1 aromatic carbocycles. The number of hydrogen-bond donors (Lipinski definition) is 0. The highest BCUT2D eigenvalue weighted by Gasteiger charge is 2.36. The summed E-state index contributed by atoms with van der Waals surface area (Å²) in [6.45, 7) is 7.12. The first-order valence-electron chi connectivity index (χ1n) is 7.65. The van der Waals surface area contributed by atoms with Crippen LogP contribution in [0.1, 0.15) is 33.0 Å². The second kappa shape index (κ2) is 5.74. The summed E-state index contributed by atoms with van der Waals surface area (Å²) < 4.78 is 16.5. The summed E-state index contributed by atoms with van der Waals surface area (Å²) in [7, 11) is 0. The van der Waals surface area contributed by atoms with Crippen LogP contribution in [-0.4, -0.2) is 26.9 Å². The number of hydrogen-bond acceptors (Lipinski definition) is 2. The van der Waals surface area contributed by atoms with Crippen LogP contribution in [0, 0.1) is 5.82 Å². The largest absolute Gasteiger partial charge is 0.333 e. The molecule has 0 fully saturated rings. The van der Waals surface area contributed by atoms with Crippen LogP contribution in [0.3, 0.4) is 0 Å². The van der Waals surface area contributed by atoms with Gasteiger partial charge in [0, 0.05) is 18.5 Å². The first-order chi connectivity index (χ1) is 10.8. The number of aromatic nitrogens is 2. The predicted molar refractivity (Wildman–Crippen MR) is 90.4 cm³/mol. The highest BCUT2D eigenvalue weighted by molar-refractivity contribution is 9.10. The van der Waals surface area contributed by atoms with E-state index in [1.807, 2.05) is 17.9 Å². The third kappa shape index (κ3) is 2.80. The summed E-state index contributed by atoms with van der Waals surface area (Å²) in [6, 6.07) is 6.40. The lowest BCUT2D eigenvalue weighted by atomic mass is 10.0. The highest BCUT2D eigenvalue weighted by Crippen LogP contribution is 2.37. The van der Waals surface area contributed by atoms with Gasteiger partial charge in [-0.25, -0.2) is 9.37 Å². The van der Waals surface area contributed by atoms with E-state index in [0.717, 1.165) is 16.0 Å². The van der Waals surface area contributed by atoms with Crippen molar-refractivity contribution in [1.29, 1.82) is 0 Å². The van der Waals surface area contributed by atoms with Gasteiger partial charge in [0.25, 0.3) is 0 Å². The second-order valence-electron chi connectivity index (χ2n) is 6.43. The average Bonchev–Trinajstić information content (AvgIpc) is 2.83. The summed E-state index contributed by atoms with van der Waals surface area (Å²) in [5, 5.41) is 0. The maximum absolute atomic E-state index is 13.5. The summed E-state index contributed by atoms with van der Waals surface area (Å²) in [5.74, 6) is 0.646. The highest BCUT2D eigenvalue weighted by atomic mass is 79.9. The molecule has 0 saturated heterocycles. The first-order valence-corrected chi connectivity index (χ1v) is 8.44. The molecule has 0 atom stereocenters. The lowest BCUT2D eigenvalue weighted by Crippen LogP contribution is -2.49. The summed E-state index contributed by atoms with van der Waals surface area (Å²) >= 11 is 3.62. The average molecular weight is 380 g/mol. The van der Waals surface area contributed by atoms with E-state index < -0.39 is 0 Å². The van der Waals surface area contributed by atoms with Crippen molar-refractivity contribution < 1.29 is 9.18 Å². The van der Waals surface area contributed by atoms with Gasteiger partial charge in [-0.3, -0.25) is 4.79 Å². The van der Waals surface area contributed by atoms with Crippen LogP contribution in [0.4, 0.5) is 4.39 Å². The Bertz CT molecular complexity index is 769. The summed E-state index contributed by atoms with van der Waals surface area (Å²) in [6.07, 6.45) is 0.481. The molecule has 122 valence electrons. The van der Waals surface area contributed by atoms with E-state index in [2.05, 4.69) is 39.3 Å². The molecule has 1 amide bonds. The number of halogens is 2. The normalized spacial score (nSPS) is 16.3. The second-order valence-corrected chi connectivity index (χ2v) is 7.18. The molecule has 0 saturated carbocycles. The Morgan fingerprint density at radius 3 is 2.83 bits per heavy atom. The zero-order chi connectivity index (χ0) is 16.8. The molecule has 1 aromatic heterocycles. The molecular formula is C17H19BrFN3O. The van der Waals surface area contributed by atoms with Crippen molar-refractivity contribution in [3.05, 3.63) is 40.5 Å². The van der Waals surface area contributed by atoms with Crippen LogP contribution in [0.5, 0.6) is 0 Å². The number of fused-ring (bicyclic) bond motifs is 1. The number of imidazole rings is 1. The van der Waals surface area contributed by atoms with Crippen molar-refractivity contribution in [2.24, 2.45) is 0 Å². The first kappa shape index (κ1) is 16.2. The predicted octanol–water partition coefficient (Wildman–Crippen LogP) is 3.94. The minimum absolute atomic E-state index is 0.121. The summed E-state index contributed by atoms with van der Waals surface area (Å²) in [5.41, 5.74) is 1.15. The van der Waals surface area contributed by atoms with Crippen molar-refractivity contribution in [1.82, 2.24) is 14.5 Å². The smallest absolute Gasteiger partial charge is 0.222 e.